The maximum Gasteiger partial charge on any atom is 0.335 e. The number of aliphatic hydroxyl groups excluding tert-OH is 1. The van der Waals surface area contributed by atoms with Gasteiger partial charge in [-0.2, -0.15) is 0 Å². The van der Waals surface area contributed by atoms with Gasteiger partial charge in [-0.15, -0.1) is 0 Å². The Hall–Kier alpha value is -1.44. The van der Waals surface area contributed by atoms with Crippen LogP contribution in [-0.2, 0) is 10.0 Å². The molecule has 18 heavy (non-hydrogen) atoms. The van der Waals surface area contributed by atoms with E-state index in [-0.39, 0.29) is 17.1 Å². The SMILES string of the molecule is CC[C@H](CO)NS(=O)(=O)c1ccc(C(=O)O)cc1. The lowest BCUT2D eigenvalue weighted by atomic mass is 10.2. The van der Waals surface area contributed by atoms with E-state index in [0.29, 0.717) is 6.42 Å². The van der Waals surface area contributed by atoms with Crippen molar-refractivity contribution in [2.45, 2.75) is 24.3 Å². The highest BCUT2D eigenvalue weighted by atomic mass is 32.2. The number of aliphatic hydroxyl groups is 1. The van der Waals surface area contributed by atoms with Gasteiger partial charge in [0.2, 0.25) is 10.0 Å². The van der Waals surface area contributed by atoms with Crippen LogP contribution in [0.3, 0.4) is 0 Å². The van der Waals surface area contributed by atoms with Gasteiger partial charge in [-0.1, -0.05) is 6.92 Å². The van der Waals surface area contributed by atoms with Crippen molar-refractivity contribution in [1.82, 2.24) is 4.72 Å². The third kappa shape index (κ3) is 3.52. The molecule has 7 heteroatoms. The number of aromatic carboxylic acids is 1. The number of carboxylic acid groups (broad SMARTS) is 1. The van der Waals surface area contributed by atoms with Crippen LogP contribution in [0.25, 0.3) is 0 Å². The second-order valence-electron chi connectivity index (χ2n) is 3.74. The van der Waals surface area contributed by atoms with Crippen molar-refractivity contribution >= 4 is 16.0 Å². The van der Waals surface area contributed by atoms with Gasteiger partial charge in [0, 0.05) is 6.04 Å². The normalized spacial score (nSPS) is 13.2. The van der Waals surface area contributed by atoms with Crippen LogP contribution in [-0.4, -0.2) is 37.2 Å². The predicted octanol–water partition coefficient (Wildman–Crippen LogP) is 0.434. The van der Waals surface area contributed by atoms with Crippen molar-refractivity contribution in [2.24, 2.45) is 0 Å². The molecule has 0 aromatic heterocycles. The molecule has 0 saturated heterocycles. The van der Waals surface area contributed by atoms with Gasteiger partial charge in [0.05, 0.1) is 17.1 Å². The van der Waals surface area contributed by atoms with Gasteiger partial charge in [0.25, 0.3) is 0 Å². The van der Waals surface area contributed by atoms with E-state index in [1.165, 1.54) is 24.3 Å². The molecule has 1 aromatic rings. The molecule has 3 N–H and O–H groups in total. The van der Waals surface area contributed by atoms with Crippen LogP contribution >= 0.6 is 0 Å². The molecule has 1 aromatic carbocycles. The van der Waals surface area contributed by atoms with Gasteiger partial charge in [0.15, 0.2) is 0 Å². The van der Waals surface area contributed by atoms with Crippen molar-refractivity contribution in [3.8, 4) is 0 Å². The summed E-state index contributed by atoms with van der Waals surface area (Å²) in [5, 5.41) is 17.7. The molecule has 1 atom stereocenters. The average molecular weight is 273 g/mol. The summed E-state index contributed by atoms with van der Waals surface area (Å²) >= 11 is 0. The lowest BCUT2D eigenvalue weighted by molar-refractivity contribution is 0.0696. The summed E-state index contributed by atoms with van der Waals surface area (Å²) in [6, 6.07) is 4.33. The maximum atomic E-state index is 11.9. The van der Waals surface area contributed by atoms with E-state index in [1.807, 2.05) is 0 Å². The molecule has 0 aliphatic carbocycles. The highest BCUT2D eigenvalue weighted by Crippen LogP contribution is 2.11. The number of hydrogen-bond donors (Lipinski definition) is 3. The second-order valence-corrected chi connectivity index (χ2v) is 5.45. The Morgan fingerprint density at radius 2 is 1.89 bits per heavy atom. The summed E-state index contributed by atoms with van der Waals surface area (Å²) in [6.45, 7) is 1.46. The van der Waals surface area contributed by atoms with Crippen molar-refractivity contribution in [3.63, 3.8) is 0 Å². The first-order valence-corrected chi connectivity index (χ1v) is 6.85. The zero-order valence-electron chi connectivity index (χ0n) is 9.83. The molecule has 0 aliphatic rings. The van der Waals surface area contributed by atoms with Crippen molar-refractivity contribution in [3.05, 3.63) is 29.8 Å². The monoisotopic (exact) mass is 273 g/mol. The summed E-state index contributed by atoms with van der Waals surface area (Å²) in [6.07, 6.45) is 0.461. The molecule has 0 spiro atoms. The van der Waals surface area contributed by atoms with Crippen LogP contribution < -0.4 is 4.72 Å². The molecular weight excluding hydrogens is 258 g/mol. The number of rotatable bonds is 6. The van der Waals surface area contributed by atoms with Crippen molar-refractivity contribution in [2.75, 3.05) is 6.61 Å². The quantitative estimate of drug-likeness (QED) is 0.697. The molecule has 100 valence electrons. The van der Waals surface area contributed by atoms with Crippen LogP contribution in [0.5, 0.6) is 0 Å². The fourth-order valence-corrected chi connectivity index (χ4v) is 2.62. The molecule has 0 fully saturated rings. The van der Waals surface area contributed by atoms with Gasteiger partial charge in [-0.3, -0.25) is 0 Å². The summed E-state index contributed by atoms with van der Waals surface area (Å²) < 4.78 is 26.1. The third-order valence-electron chi connectivity index (χ3n) is 2.45. The average Bonchev–Trinajstić information content (AvgIpc) is 2.36. The van der Waals surface area contributed by atoms with Crippen molar-refractivity contribution in [1.29, 1.82) is 0 Å². The smallest absolute Gasteiger partial charge is 0.335 e. The molecular formula is C11H15NO5S. The Morgan fingerprint density at radius 1 is 1.33 bits per heavy atom. The Balaban J connectivity index is 2.95. The molecule has 0 unspecified atom stereocenters. The predicted molar refractivity (Wildman–Crippen MR) is 64.9 cm³/mol. The van der Waals surface area contributed by atoms with E-state index in [0.717, 1.165) is 0 Å². The van der Waals surface area contributed by atoms with E-state index >= 15 is 0 Å². The number of sulfonamides is 1. The van der Waals surface area contributed by atoms with E-state index in [9.17, 15) is 13.2 Å². The van der Waals surface area contributed by atoms with Crippen LogP contribution in [0.15, 0.2) is 29.2 Å². The van der Waals surface area contributed by atoms with Gasteiger partial charge >= 0.3 is 5.97 Å². The Bertz CT molecular complexity index is 505. The Labute approximate surface area is 105 Å². The van der Waals surface area contributed by atoms with Crippen LogP contribution in [0, 0.1) is 0 Å². The van der Waals surface area contributed by atoms with Gasteiger partial charge < -0.3 is 10.2 Å². The van der Waals surface area contributed by atoms with Crippen LogP contribution in [0.1, 0.15) is 23.7 Å². The summed E-state index contributed by atoms with van der Waals surface area (Å²) in [7, 11) is -3.73. The Kier molecular flexibility index (Phi) is 4.83. The highest BCUT2D eigenvalue weighted by Gasteiger charge is 2.18. The number of nitrogens with one attached hydrogen (secondary N) is 1. The number of benzene rings is 1. The number of carbonyl (C=O) groups is 1. The van der Waals surface area contributed by atoms with Crippen LogP contribution in [0.4, 0.5) is 0 Å². The third-order valence-corrected chi connectivity index (χ3v) is 3.98. The minimum absolute atomic E-state index is 0.0168. The van der Waals surface area contributed by atoms with Crippen LogP contribution in [0.2, 0.25) is 0 Å². The zero-order chi connectivity index (χ0) is 13.8. The molecule has 0 radical (unpaired) electrons. The minimum atomic E-state index is -3.73. The second kappa shape index (κ2) is 5.94. The largest absolute Gasteiger partial charge is 0.478 e. The lowest BCUT2D eigenvalue weighted by Gasteiger charge is -2.14. The molecule has 1 rings (SSSR count). The highest BCUT2D eigenvalue weighted by molar-refractivity contribution is 7.89. The first-order valence-electron chi connectivity index (χ1n) is 5.37. The number of carboxylic acids is 1. The molecule has 6 nitrogen and oxygen atoms in total. The summed E-state index contributed by atoms with van der Waals surface area (Å²) in [5.74, 6) is -1.12. The van der Waals surface area contributed by atoms with E-state index in [4.69, 9.17) is 10.2 Å². The standard InChI is InChI=1S/C11H15NO5S/c1-2-9(7-13)12-18(16,17)10-5-3-8(4-6-10)11(14)15/h3-6,9,12-13H,2,7H2,1H3,(H,14,15)/t9-/m1/s1. The topological polar surface area (TPSA) is 104 Å². The Morgan fingerprint density at radius 3 is 2.28 bits per heavy atom. The first-order chi connectivity index (χ1) is 8.40. The number of hydrogen-bond acceptors (Lipinski definition) is 4. The molecule has 0 aliphatic heterocycles. The van der Waals surface area contributed by atoms with E-state index in [2.05, 4.69) is 4.72 Å². The summed E-state index contributed by atoms with van der Waals surface area (Å²) in [5.41, 5.74) is 0.0168. The van der Waals surface area contributed by atoms with Gasteiger partial charge in [-0.05, 0) is 30.7 Å². The van der Waals surface area contributed by atoms with Gasteiger partial charge in [0.1, 0.15) is 0 Å². The van der Waals surface area contributed by atoms with Crippen molar-refractivity contribution < 1.29 is 23.4 Å². The van der Waals surface area contributed by atoms with Gasteiger partial charge in [-0.25, -0.2) is 17.9 Å². The molecule has 0 saturated carbocycles. The molecule has 0 amide bonds. The fraction of sp³-hybridized carbons (Fsp3) is 0.364. The minimum Gasteiger partial charge on any atom is -0.478 e. The summed E-state index contributed by atoms with van der Waals surface area (Å²) in [4.78, 5) is 10.6. The van der Waals surface area contributed by atoms with E-state index in [1.54, 1.807) is 6.92 Å². The fourth-order valence-electron chi connectivity index (χ4n) is 1.31. The molecule has 0 heterocycles. The molecule has 0 bridgehead atoms. The lowest BCUT2D eigenvalue weighted by Crippen LogP contribution is -2.36. The van der Waals surface area contributed by atoms with E-state index < -0.39 is 22.0 Å². The maximum absolute atomic E-state index is 11.9. The first kappa shape index (κ1) is 14.6. The zero-order valence-corrected chi connectivity index (χ0v) is 10.6.